The van der Waals surface area contributed by atoms with Gasteiger partial charge < -0.3 is 36.2 Å². The van der Waals surface area contributed by atoms with Crippen LogP contribution >= 0.6 is 0 Å². The molecule has 0 aliphatic carbocycles. The number of nitrogens with one attached hydrogen (secondary N) is 4. The van der Waals surface area contributed by atoms with Gasteiger partial charge in [0.15, 0.2) is 0 Å². The molecule has 0 aromatic heterocycles. The minimum absolute atomic E-state index is 0.124. The number of rotatable bonds is 7. The number of nitrogens with zero attached hydrogens (tertiary/aromatic N) is 2. The van der Waals surface area contributed by atoms with Crippen molar-refractivity contribution in [2.75, 3.05) is 32.1 Å². The highest BCUT2D eigenvalue weighted by molar-refractivity contribution is 5.99. The van der Waals surface area contributed by atoms with Crippen LogP contribution in [-0.2, 0) is 24.0 Å². The van der Waals surface area contributed by atoms with E-state index >= 15 is 0 Å². The largest absolute Gasteiger partial charge is 0.480 e. The Balaban J connectivity index is 1.90. The van der Waals surface area contributed by atoms with Crippen molar-refractivity contribution in [1.82, 2.24) is 26.2 Å². The number of carbonyl (C=O) groups is 6. The minimum Gasteiger partial charge on any atom is -0.480 e. The van der Waals surface area contributed by atoms with E-state index in [0.717, 1.165) is 10.6 Å². The lowest BCUT2D eigenvalue weighted by atomic mass is 10.1. The van der Waals surface area contributed by atoms with E-state index < -0.39 is 78.7 Å². The number of amides is 5. The summed E-state index contributed by atoms with van der Waals surface area (Å²) < 4.78 is 38.0. The normalized spacial score (nSPS) is 23.5. The zero-order chi connectivity index (χ0) is 33.3. The van der Waals surface area contributed by atoms with Crippen LogP contribution in [0.25, 0.3) is 0 Å². The summed E-state index contributed by atoms with van der Waals surface area (Å²) >= 11 is 0. The van der Waals surface area contributed by atoms with E-state index in [0.29, 0.717) is 12.8 Å². The predicted molar refractivity (Wildman–Crippen MR) is 155 cm³/mol. The standard InChI is InChI=1S/C29H39F3N6O7/c1-37(2)19-7-5-6-17(14-19)25(41)35-20-8-3-4-13-33-23(39)10-9-21(28(44)45)36-26(42)22-15-18(16-38(22)27(20)43)34-24(40)11-12-29(30,31)32/h5-7,14,18,20-22H,3-4,8-13,15-16H2,1-2H3,(H,33,39)(H,34,40)(H,35,41)(H,36,42)(H,44,45)/t18-,20+,21+,22+/m1/s1. The molecule has 0 bridgehead atoms. The smallest absolute Gasteiger partial charge is 0.389 e. The fourth-order valence-electron chi connectivity index (χ4n) is 5.20. The first-order valence-electron chi connectivity index (χ1n) is 14.7. The van der Waals surface area contributed by atoms with Gasteiger partial charge in [0.1, 0.15) is 18.1 Å². The summed E-state index contributed by atoms with van der Waals surface area (Å²) in [7, 11) is 3.59. The van der Waals surface area contributed by atoms with Crippen molar-refractivity contribution >= 4 is 41.2 Å². The highest BCUT2D eigenvalue weighted by Gasteiger charge is 2.43. The van der Waals surface area contributed by atoms with Gasteiger partial charge in [-0.3, -0.25) is 24.0 Å². The summed E-state index contributed by atoms with van der Waals surface area (Å²) in [5.74, 6) is -4.86. The Hall–Kier alpha value is -4.37. The van der Waals surface area contributed by atoms with Gasteiger partial charge in [0.2, 0.25) is 23.6 Å². The van der Waals surface area contributed by atoms with E-state index in [-0.39, 0.29) is 44.3 Å². The summed E-state index contributed by atoms with van der Waals surface area (Å²) in [6.07, 6.45) is -6.43. The molecule has 2 aliphatic heterocycles. The first-order chi connectivity index (χ1) is 21.1. The number of carboxylic acids is 1. The molecule has 0 radical (unpaired) electrons. The third kappa shape index (κ3) is 10.6. The molecule has 2 heterocycles. The van der Waals surface area contributed by atoms with Crippen LogP contribution < -0.4 is 26.2 Å². The molecule has 4 atom stereocenters. The van der Waals surface area contributed by atoms with E-state index in [1.54, 1.807) is 43.3 Å². The first kappa shape index (κ1) is 35.1. The third-order valence-corrected chi connectivity index (χ3v) is 7.63. The molecule has 0 unspecified atom stereocenters. The van der Waals surface area contributed by atoms with E-state index in [9.17, 15) is 47.0 Å². The molecule has 2 fully saturated rings. The number of anilines is 1. The SMILES string of the molecule is CN(C)c1cccc(C(=O)N[C@H]2CCCCNC(=O)CC[C@@H](C(=O)O)NC(=O)[C@@H]3C[C@@H](NC(=O)CCC(F)(F)F)CN3C2=O)c1. The first-order valence-corrected chi connectivity index (χ1v) is 14.7. The van der Waals surface area contributed by atoms with E-state index in [1.807, 2.05) is 0 Å². The summed E-state index contributed by atoms with van der Waals surface area (Å²) in [4.78, 5) is 80.0. The van der Waals surface area contributed by atoms with Crippen LogP contribution in [0.5, 0.6) is 0 Å². The van der Waals surface area contributed by atoms with Crippen LogP contribution in [0.3, 0.4) is 0 Å². The molecule has 0 saturated carbocycles. The fourth-order valence-corrected chi connectivity index (χ4v) is 5.20. The lowest BCUT2D eigenvalue weighted by Gasteiger charge is -2.29. The Morgan fingerprint density at radius 1 is 1.09 bits per heavy atom. The van der Waals surface area contributed by atoms with Gasteiger partial charge in [-0.05, 0) is 50.3 Å². The second-order valence-electron chi connectivity index (χ2n) is 11.4. The molecular formula is C29H39F3N6O7. The molecule has 2 saturated heterocycles. The van der Waals surface area contributed by atoms with Gasteiger partial charge in [-0.15, -0.1) is 0 Å². The fraction of sp³-hybridized carbons (Fsp3) is 0.586. The minimum atomic E-state index is -4.56. The topological polar surface area (TPSA) is 177 Å². The molecule has 3 rings (SSSR count). The number of fused-ring (bicyclic) bond motifs is 1. The number of halogens is 3. The second kappa shape index (κ2) is 15.6. The van der Waals surface area contributed by atoms with Gasteiger partial charge in [-0.25, -0.2) is 4.79 Å². The van der Waals surface area contributed by atoms with Crippen LogP contribution in [0.4, 0.5) is 18.9 Å². The molecule has 0 spiro atoms. The molecule has 16 heteroatoms. The number of benzene rings is 1. The van der Waals surface area contributed by atoms with Crippen molar-refractivity contribution in [2.45, 2.75) is 81.7 Å². The number of hydrogen-bond acceptors (Lipinski definition) is 7. The van der Waals surface area contributed by atoms with Crippen molar-refractivity contribution in [1.29, 1.82) is 0 Å². The Labute approximate surface area is 258 Å². The van der Waals surface area contributed by atoms with Gasteiger partial charge >= 0.3 is 12.1 Å². The number of alkyl halides is 3. The Morgan fingerprint density at radius 3 is 2.49 bits per heavy atom. The molecule has 45 heavy (non-hydrogen) atoms. The Bertz CT molecular complexity index is 1280. The van der Waals surface area contributed by atoms with E-state index in [2.05, 4.69) is 21.3 Å². The molecule has 1 aromatic carbocycles. The third-order valence-electron chi connectivity index (χ3n) is 7.63. The molecule has 2 aliphatic rings. The van der Waals surface area contributed by atoms with Crippen molar-refractivity contribution in [3.63, 3.8) is 0 Å². The number of carbonyl (C=O) groups excluding carboxylic acids is 5. The van der Waals surface area contributed by atoms with Gasteiger partial charge in [0, 0.05) is 57.3 Å². The molecule has 5 N–H and O–H groups in total. The van der Waals surface area contributed by atoms with Crippen molar-refractivity contribution in [3.8, 4) is 0 Å². The van der Waals surface area contributed by atoms with E-state index in [4.69, 9.17) is 0 Å². The summed E-state index contributed by atoms with van der Waals surface area (Å²) in [5.41, 5.74) is 1.01. The average Bonchev–Trinajstić information content (AvgIpc) is 3.39. The quantitative estimate of drug-likeness (QED) is 0.292. The van der Waals surface area contributed by atoms with Crippen LogP contribution in [-0.4, -0.2) is 103 Å². The maximum absolute atomic E-state index is 14.0. The van der Waals surface area contributed by atoms with Gasteiger partial charge in [-0.1, -0.05) is 6.07 Å². The molecule has 248 valence electrons. The second-order valence-corrected chi connectivity index (χ2v) is 11.4. The highest BCUT2D eigenvalue weighted by Crippen LogP contribution is 2.24. The maximum atomic E-state index is 14.0. The Morgan fingerprint density at radius 2 is 1.82 bits per heavy atom. The lowest BCUT2D eigenvalue weighted by Crippen LogP contribution is -2.55. The van der Waals surface area contributed by atoms with Gasteiger partial charge in [0.25, 0.3) is 5.91 Å². The van der Waals surface area contributed by atoms with Crippen molar-refractivity contribution < 1.29 is 47.0 Å². The van der Waals surface area contributed by atoms with Crippen LogP contribution in [0.2, 0.25) is 0 Å². The highest BCUT2D eigenvalue weighted by atomic mass is 19.4. The number of aliphatic carboxylic acids is 1. The average molecular weight is 641 g/mol. The number of carboxylic acid groups (broad SMARTS) is 1. The summed E-state index contributed by atoms with van der Waals surface area (Å²) in [6.45, 7) is -0.0179. The van der Waals surface area contributed by atoms with Gasteiger partial charge in [-0.2, -0.15) is 13.2 Å². The molecule has 1 aromatic rings. The molecule has 13 nitrogen and oxygen atoms in total. The van der Waals surface area contributed by atoms with Gasteiger partial charge in [0.05, 0.1) is 6.42 Å². The Kier molecular flexibility index (Phi) is 12.1. The van der Waals surface area contributed by atoms with Crippen LogP contribution in [0.1, 0.15) is 61.7 Å². The molecule has 5 amide bonds. The summed E-state index contributed by atoms with van der Waals surface area (Å²) in [5, 5.41) is 19.8. The lowest BCUT2D eigenvalue weighted by molar-refractivity contribution is -0.144. The maximum Gasteiger partial charge on any atom is 0.389 e. The van der Waals surface area contributed by atoms with E-state index in [1.165, 1.54) is 0 Å². The number of hydrogen-bond donors (Lipinski definition) is 5. The predicted octanol–water partition coefficient (Wildman–Crippen LogP) is 0.929. The van der Waals surface area contributed by atoms with Crippen molar-refractivity contribution in [3.05, 3.63) is 29.8 Å². The summed E-state index contributed by atoms with van der Waals surface area (Å²) in [6, 6.07) is 1.84. The zero-order valence-corrected chi connectivity index (χ0v) is 25.1. The molecular weight excluding hydrogens is 601 g/mol. The zero-order valence-electron chi connectivity index (χ0n) is 25.1. The van der Waals surface area contributed by atoms with Crippen molar-refractivity contribution in [2.24, 2.45) is 0 Å². The monoisotopic (exact) mass is 640 g/mol. The van der Waals surface area contributed by atoms with Crippen LogP contribution in [0, 0.1) is 0 Å². The van der Waals surface area contributed by atoms with Crippen LogP contribution in [0.15, 0.2) is 24.3 Å².